The van der Waals surface area contributed by atoms with E-state index in [0.29, 0.717) is 16.5 Å². The Morgan fingerprint density at radius 3 is 2.24 bits per heavy atom. The number of rotatable bonds is 5. The Balaban J connectivity index is 1.84. The number of carboxylic acid groups (broad SMARTS) is 1. The van der Waals surface area contributed by atoms with Crippen molar-refractivity contribution in [3.8, 4) is 0 Å². The average Bonchev–Trinajstić information content (AvgIpc) is 2.76. The number of carboxylic acids is 1. The largest absolute Gasteiger partial charge is 0.478 e. The van der Waals surface area contributed by atoms with E-state index in [1.807, 2.05) is 0 Å². The van der Waals surface area contributed by atoms with Gasteiger partial charge in [-0.2, -0.15) is 26.3 Å². The number of fused-ring (bicyclic) bond motifs is 1. The van der Waals surface area contributed by atoms with Gasteiger partial charge in [0.15, 0.2) is 5.84 Å². The minimum absolute atomic E-state index is 0.216. The first kappa shape index (κ1) is 24.4. The van der Waals surface area contributed by atoms with Crippen LogP contribution in [0.4, 0.5) is 26.3 Å². The van der Waals surface area contributed by atoms with E-state index in [-0.39, 0.29) is 17.7 Å². The smallest absolute Gasteiger partial charge is 0.433 e. The molecule has 2 aromatic heterocycles. The maximum Gasteiger partial charge on any atom is 0.433 e. The molecule has 0 aliphatic heterocycles. The topological polar surface area (TPSA) is 111 Å². The maximum absolute atomic E-state index is 12.9. The molecule has 3 aromatic rings. The van der Waals surface area contributed by atoms with E-state index in [1.54, 1.807) is 30.5 Å². The molecule has 0 saturated heterocycles. The van der Waals surface area contributed by atoms with Crippen LogP contribution in [0.5, 0.6) is 0 Å². The molecule has 0 aliphatic rings. The summed E-state index contributed by atoms with van der Waals surface area (Å²) in [7, 11) is 0. The van der Waals surface area contributed by atoms with Gasteiger partial charge in [-0.1, -0.05) is 12.1 Å². The summed E-state index contributed by atoms with van der Waals surface area (Å²) in [6, 6.07) is 8.58. The molecule has 0 unspecified atom stereocenters. The summed E-state index contributed by atoms with van der Waals surface area (Å²) < 4.78 is 77.5. The minimum Gasteiger partial charge on any atom is -0.478 e. The quantitative estimate of drug-likeness (QED) is 0.211. The fraction of sp³-hybridized carbons (Fsp3) is 0.0952. The van der Waals surface area contributed by atoms with Crippen molar-refractivity contribution in [2.24, 2.45) is 4.99 Å². The summed E-state index contributed by atoms with van der Waals surface area (Å²) in [5.41, 5.74) is -3.73. The highest BCUT2D eigenvalue weighted by Gasteiger charge is 2.39. The lowest BCUT2D eigenvalue weighted by Crippen LogP contribution is -2.17. The van der Waals surface area contributed by atoms with Gasteiger partial charge in [-0.15, -0.1) is 0 Å². The van der Waals surface area contributed by atoms with Crippen LogP contribution in [0.2, 0.25) is 0 Å². The molecule has 0 amide bonds. The van der Waals surface area contributed by atoms with Crippen LogP contribution in [0.25, 0.3) is 16.5 Å². The standard InChI is InChI=1S/C21H13F6N5O2/c22-20(23,24)16-7-13(8-17(32-16)21(25,26)27)18(28)31-10-29-9-14(19(33)34)11-3-4-15-12(6-11)2-1-5-30-15/h1-10H,(H,33,34)(H2,28,29,31)/b14-9+. The second-order valence-corrected chi connectivity index (χ2v) is 6.67. The van der Waals surface area contributed by atoms with Gasteiger partial charge in [0.25, 0.3) is 0 Å². The first-order valence-corrected chi connectivity index (χ1v) is 9.19. The van der Waals surface area contributed by atoms with Crippen molar-refractivity contribution >= 4 is 34.6 Å². The average molecular weight is 481 g/mol. The summed E-state index contributed by atoms with van der Waals surface area (Å²) in [5.74, 6) is -2.26. The number of benzene rings is 1. The molecule has 0 radical (unpaired) electrons. The number of carbonyl (C=O) groups is 1. The number of nitrogens with zero attached hydrogens (tertiary/aromatic N) is 3. The summed E-state index contributed by atoms with van der Waals surface area (Å²) >= 11 is 0. The van der Waals surface area contributed by atoms with Crippen LogP contribution in [0.15, 0.2) is 59.9 Å². The Morgan fingerprint density at radius 1 is 1.00 bits per heavy atom. The van der Waals surface area contributed by atoms with Gasteiger partial charge in [0, 0.05) is 23.3 Å². The molecule has 0 atom stereocenters. The predicted octanol–water partition coefficient (Wildman–Crippen LogP) is 4.74. The lowest BCUT2D eigenvalue weighted by atomic mass is 10.0. The molecule has 3 rings (SSSR count). The highest BCUT2D eigenvalue weighted by Crippen LogP contribution is 2.33. The number of aliphatic imine (C=N–C) groups is 1. The van der Waals surface area contributed by atoms with Crippen molar-refractivity contribution in [3.05, 3.63) is 77.4 Å². The number of hydrogen-bond donors (Lipinski definition) is 3. The van der Waals surface area contributed by atoms with Gasteiger partial charge in [0.05, 0.1) is 17.4 Å². The maximum atomic E-state index is 12.9. The first-order valence-electron chi connectivity index (χ1n) is 9.19. The zero-order valence-electron chi connectivity index (χ0n) is 16.7. The number of aromatic nitrogens is 2. The van der Waals surface area contributed by atoms with Gasteiger partial charge in [-0.25, -0.2) is 14.8 Å². The van der Waals surface area contributed by atoms with E-state index < -0.39 is 41.1 Å². The number of amidine groups is 1. The van der Waals surface area contributed by atoms with Crippen molar-refractivity contribution in [1.82, 2.24) is 15.3 Å². The van der Waals surface area contributed by atoms with Crippen LogP contribution >= 0.6 is 0 Å². The second kappa shape index (κ2) is 9.29. The van der Waals surface area contributed by atoms with Gasteiger partial charge in [-0.3, -0.25) is 10.4 Å². The Bertz CT molecular complexity index is 1280. The van der Waals surface area contributed by atoms with Gasteiger partial charge in [0.2, 0.25) is 0 Å². The van der Waals surface area contributed by atoms with Crippen molar-refractivity contribution in [2.75, 3.05) is 0 Å². The molecule has 0 aliphatic carbocycles. The third kappa shape index (κ3) is 5.74. The molecular weight excluding hydrogens is 468 g/mol. The summed E-state index contributed by atoms with van der Waals surface area (Å²) in [4.78, 5) is 21.8. The predicted molar refractivity (Wildman–Crippen MR) is 110 cm³/mol. The van der Waals surface area contributed by atoms with Gasteiger partial charge < -0.3 is 10.4 Å². The zero-order chi connectivity index (χ0) is 25.1. The normalized spacial score (nSPS) is 12.8. The number of hydrogen-bond acceptors (Lipinski definition) is 4. The van der Waals surface area contributed by atoms with E-state index in [9.17, 15) is 36.2 Å². The molecule has 0 spiro atoms. The molecule has 176 valence electrons. The van der Waals surface area contributed by atoms with Crippen LogP contribution in [0, 0.1) is 5.41 Å². The fourth-order valence-corrected chi connectivity index (χ4v) is 2.77. The summed E-state index contributed by atoms with van der Waals surface area (Å²) in [5, 5.41) is 20.2. The fourth-order valence-electron chi connectivity index (χ4n) is 2.77. The Morgan fingerprint density at radius 2 is 1.65 bits per heavy atom. The number of pyridine rings is 2. The molecule has 7 nitrogen and oxygen atoms in total. The Kier molecular flexibility index (Phi) is 6.66. The molecule has 34 heavy (non-hydrogen) atoms. The van der Waals surface area contributed by atoms with E-state index in [1.165, 1.54) is 6.07 Å². The highest BCUT2D eigenvalue weighted by atomic mass is 19.4. The summed E-state index contributed by atoms with van der Waals surface area (Å²) in [6.45, 7) is 0. The van der Waals surface area contributed by atoms with Gasteiger partial charge in [-0.05, 0) is 35.9 Å². The van der Waals surface area contributed by atoms with Crippen LogP contribution in [-0.2, 0) is 17.1 Å². The molecule has 0 saturated carbocycles. The third-order valence-electron chi connectivity index (χ3n) is 4.32. The molecule has 0 fully saturated rings. The van der Waals surface area contributed by atoms with Crippen LogP contribution in [0.3, 0.4) is 0 Å². The van der Waals surface area contributed by atoms with E-state index in [4.69, 9.17) is 5.41 Å². The lowest BCUT2D eigenvalue weighted by Gasteiger charge is -2.12. The minimum atomic E-state index is -5.17. The highest BCUT2D eigenvalue weighted by molar-refractivity contribution is 6.16. The van der Waals surface area contributed by atoms with Crippen molar-refractivity contribution < 1.29 is 36.2 Å². The number of halogens is 6. The lowest BCUT2D eigenvalue weighted by molar-refractivity contribution is -0.150. The van der Waals surface area contributed by atoms with Gasteiger partial charge in [0.1, 0.15) is 11.4 Å². The molecule has 13 heteroatoms. The number of alkyl halides is 6. The Labute approximate surface area is 187 Å². The van der Waals surface area contributed by atoms with E-state index >= 15 is 0 Å². The molecular formula is C21H13F6N5O2. The molecule has 3 N–H and O–H groups in total. The van der Waals surface area contributed by atoms with Crippen molar-refractivity contribution in [3.63, 3.8) is 0 Å². The van der Waals surface area contributed by atoms with Crippen LogP contribution in [-0.4, -0.2) is 33.2 Å². The molecule has 1 aromatic carbocycles. The first-order chi connectivity index (χ1) is 15.9. The monoisotopic (exact) mass is 481 g/mol. The van der Waals surface area contributed by atoms with Gasteiger partial charge >= 0.3 is 18.3 Å². The van der Waals surface area contributed by atoms with E-state index in [0.717, 1.165) is 12.5 Å². The zero-order valence-corrected chi connectivity index (χ0v) is 16.7. The molecule has 2 heterocycles. The SMILES string of the molecule is N=C(/N=C\N/C=C(/C(=O)O)c1ccc2ncccc2c1)c1cc(C(F)(F)F)nc(C(F)(F)F)c1. The second-order valence-electron chi connectivity index (χ2n) is 6.67. The summed E-state index contributed by atoms with van der Waals surface area (Å²) in [6.07, 6.45) is -7.01. The van der Waals surface area contributed by atoms with Crippen molar-refractivity contribution in [1.29, 1.82) is 5.41 Å². The van der Waals surface area contributed by atoms with E-state index in [2.05, 4.69) is 20.3 Å². The third-order valence-corrected chi connectivity index (χ3v) is 4.32. The van der Waals surface area contributed by atoms with Crippen LogP contribution < -0.4 is 5.32 Å². The molecule has 0 bridgehead atoms. The Hall–Kier alpha value is -4.29. The van der Waals surface area contributed by atoms with Crippen molar-refractivity contribution in [2.45, 2.75) is 12.4 Å². The number of nitrogens with one attached hydrogen (secondary N) is 2. The number of aliphatic carboxylic acids is 1. The van der Waals surface area contributed by atoms with Crippen LogP contribution in [0.1, 0.15) is 22.5 Å².